The predicted molar refractivity (Wildman–Crippen MR) is 47.3 cm³/mol. The molecule has 1 rings (SSSR count). The molecule has 0 atom stereocenters. The Bertz CT molecular complexity index is 283. The summed E-state index contributed by atoms with van der Waals surface area (Å²) in [6.07, 6.45) is 3.54. The zero-order chi connectivity index (χ0) is 8.97. The molecule has 0 saturated heterocycles. The van der Waals surface area contributed by atoms with Crippen molar-refractivity contribution in [3.8, 4) is 0 Å². The largest absolute Gasteiger partial charge is 0.409 e. The lowest BCUT2D eigenvalue weighted by molar-refractivity contribution is 0.318. The van der Waals surface area contributed by atoms with Gasteiger partial charge in [0.2, 0.25) is 0 Å². The Morgan fingerprint density at radius 3 is 3.17 bits per heavy atom. The van der Waals surface area contributed by atoms with Gasteiger partial charge in [-0.1, -0.05) is 16.9 Å². The van der Waals surface area contributed by atoms with Crippen molar-refractivity contribution in [2.75, 3.05) is 5.75 Å². The van der Waals surface area contributed by atoms with Crippen LogP contribution in [-0.4, -0.2) is 26.3 Å². The number of aryl methyl sites for hydroxylation is 1. The molecule has 1 aromatic heterocycles. The maximum Gasteiger partial charge on any atom is 0.168 e. The Morgan fingerprint density at radius 1 is 1.92 bits per heavy atom. The summed E-state index contributed by atoms with van der Waals surface area (Å²) in [6.45, 7) is 0. The van der Waals surface area contributed by atoms with Gasteiger partial charge in [0.15, 0.2) is 5.16 Å². The van der Waals surface area contributed by atoms with Gasteiger partial charge in [0.05, 0.1) is 5.75 Å². The maximum absolute atomic E-state index is 8.26. The van der Waals surface area contributed by atoms with Gasteiger partial charge in [0.1, 0.15) is 5.84 Å². The second-order valence-electron chi connectivity index (χ2n) is 2.20. The number of imidazole rings is 1. The van der Waals surface area contributed by atoms with Crippen LogP contribution in [0, 0.1) is 0 Å². The smallest absolute Gasteiger partial charge is 0.168 e. The molecule has 1 heterocycles. The Labute approximate surface area is 74.3 Å². The Hall–Kier alpha value is -1.17. The van der Waals surface area contributed by atoms with E-state index >= 15 is 0 Å². The van der Waals surface area contributed by atoms with Crippen molar-refractivity contribution in [2.45, 2.75) is 5.16 Å². The van der Waals surface area contributed by atoms with E-state index in [-0.39, 0.29) is 5.84 Å². The summed E-state index contributed by atoms with van der Waals surface area (Å²) in [7, 11) is 1.89. The van der Waals surface area contributed by atoms with E-state index in [4.69, 9.17) is 10.9 Å². The van der Waals surface area contributed by atoms with Gasteiger partial charge in [-0.05, 0) is 0 Å². The fourth-order valence-electron chi connectivity index (χ4n) is 0.658. The minimum atomic E-state index is 0.197. The molecule has 0 unspecified atom stereocenters. The molecule has 0 saturated carbocycles. The first-order chi connectivity index (χ1) is 5.74. The molecule has 0 fully saturated rings. The minimum absolute atomic E-state index is 0.197. The van der Waals surface area contributed by atoms with E-state index in [2.05, 4.69) is 10.1 Å². The van der Waals surface area contributed by atoms with Crippen LogP contribution in [0.1, 0.15) is 0 Å². The number of aromatic nitrogens is 2. The lowest BCUT2D eigenvalue weighted by Crippen LogP contribution is -2.14. The highest BCUT2D eigenvalue weighted by molar-refractivity contribution is 7.99. The third-order valence-electron chi connectivity index (χ3n) is 1.25. The van der Waals surface area contributed by atoms with Crippen LogP contribution in [0.3, 0.4) is 0 Å². The Balaban J connectivity index is 2.49. The number of nitrogens with zero attached hydrogens (tertiary/aromatic N) is 3. The zero-order valence-corrected chi connectivity index (χ0v) is 7.45. The zero-order valence-electron chi connectivity index (χ0n) is 6.64. The maximum atomic E-state index is 8.26. The molecule has 3 N–H and O–H groups in total. The molecule has 0 amide bonds. The number of hydrogen-bond acceptors (Lipinski definition) is 4. The first-order valence-corrected chi connectivity index (χ1v) is 4.29. The molecule has 0 aliphatic heterocycles. The van der Waals surface area contributed by atoms with E-state index in [1.807, 2.05) is 17.8 Å². The van der Waals surface area contributed by atoms with Gasteiger partial charge in [0.25, 0.3) is 0 Å². The first kappa shape index (κ1) is 8.92. The van der Waals surface area contributed by atoms with E-state index in [1.165, 1.54) is 11.8 Å². The van der Waals surface area contributed by atoms with E-state index in [1.54, 1.807) is 6.20 Å². The molecule has 0 aliphatic carbocycles. The average Bonchev–Trinajstić information content (AvgIpc) is 2.47. The van der Waals surface area contributed by atoms with Gasteiger partial charge >= 0.3 is 0 Å². The summed E-state index contributed by atoms with van der Waals surface area (Å²) in [4.78, 5) is 4.06. The van der Waals surface area contributed by atoms with Crippen molar-refractivity contribution in [3.05, 3.63) is 12.4 Å². The average molecular weight is 186 g/mol. The fourth-order valence-corrected chi connectivity index (χ4v) is 1.39. The normalized spacial score (nSPS) is 11.9. The standard InChI is InChI=1S/C6H10N4OS/c1-10-3-2-8-6(10)12-4-5(7)9-11/h2-3,11H,4H2,1H3,(H2,7,9). The SMILES string of the molecule is Cn1ccnc1SC/C(N)=N/O. The lowest BCUT2D eigenvalue weighted by Gasteiger charge is -1.98. The molecule has 0 bridgehead atoms. The Morgan fingerprint density at radius 2 is 2.67 bits per heavy atom. The number of thioether (sulfide) groups is 1. The van der Waals surface area contributed by atoms with E-state index in [9.17, 15) is 0 Å². The molecule has 1 aromatic rings. The highest BCUT2D eigenvalue weighted by Crippen LogP contribution is 2.13. The quantitative estimate of drug-likeness (QED) is 0.233. The van der Waals surface area contributed by atoms with E-state index < -0.39 is 0 Å². The fraction of sp³-hybridized carbons (Fsp3) is 0.333. The van der Waals surface area contributed by atoms with Crippen LogP contribution in [0.4, 0.5) is 0 Å². The molecule has 66 valence electrons. The number of nitrogens with two attached hydrogens (primary N) is 1. The molecular weight excluding hydrogens is 176 g/mol. The highest BCUT2D eigenvalue weighted by atomic mass is 32.2. The molecule has 5 nitrogen and oxygen atoms in total. The number of oxime groups is 1. The topological polar surface area (TPSA) is 76.4 Å². The summed E-state index contributed by atoms with van der Waals surface area (Å²) in [5.74, 6) is 0.643. The van der Waals surface area contributed by atoms with Crippen LogP contribution in [0.2, 0.25) is 0 Å². The van der Waals surface area contributed by atoms with Crippen molar-refractivity contribution in [2.24, 2.45) is 17.9 Å². The highest BCUT2D eigenvalue weighted by Gasteiger charge is 2.00. The Kier molecular flexibility index (Phi) is 2.98. The number of rotatable bonds is 3. The molecule has 12 heavy (non-hydrogen) atoms. The van der Waals surface area contributed by atoms with Crippen LogP contribution < -0.4 is 5.73 Å². The predicted octanol–water partition coefficient (Wildman–Crippen LogP) is 0.259. The van der Waals surface area contributed by atoms with Gasteiger partial charge in [-0.2, -0.15) is 0 Å². The van der Waals surface area contributed by atoms with Crippen molar-refractivity contribution >= 4 is 17.6 Å². The van der Waals surface area contributed by atoms with Crippen LogP contribution in [-0.2, 0) is 7.05 Å². The minimum Gasteiger partial charge on any atom is -0.409 e. The summed E-state index contributed by atoms with van der Waals surface area (Å²) >= 11 is 1.42. The van der Waals surface area contributed by atoms with Crippen molar-refractivity contribution < 1.29 is 5.21 Å². The summed E-state index contributed by atoms with van der Waals surface area (Å²) in [5.41, 5.74) is 5.28. The van der Waals surface area contributed by atoms with E-state index in [0.29, 0.717) is 5.75 Å². The number of hydrogen-bond donors (Lipinski definition) is 2. The monoisotopic (exact) mass is 186 g/mol. The van der Waals surface area contributed by atoms with Gasteiger partial charge in [-0.25, -0.2) is 4.98 Å². The van der Waals surface area contributed by atoms with Crippen LogP contribution in [0.15, 0.2) is 22.7 Å². The third-order valence-corrected chi connectivity index (χ3v) is 2.35. The van der Waals surface area contributed by atoms with Crippen molar-refractivity contribution in [1.29, 1.82) is 0 Å². The third kappa shape index (κ3) is 2.16. The first-order valence-electron chi connectivity index (χ1n) is 3.30. The van der Waals surface area contributed by atoms with Gasteiger partial charge in [-0.15, -0.1) is 0 Å². The van der Waals surface area contributed by atoms with Crippen LogP contribution >= 0.6 is 11.8 Å². The van der Waals surface area contributed by atoms with Gasteiger partial charge in [0, 0.05) is 19.4 Å². The van der Waals surface area contributed by atoms with Gasteiger partial charge in [-0.3, -0.25) is 0 Å². The van der Waals surface area contributed by atoms with Crippen molar-refractivity contribution in [3.63, 3.8) is 0 Å². The summed E-state index contributed by atoms with van der Waals surface area (Å²) < 4.78 is 1.87. The second kappa shape index (κ2) is 4.01. The molecule has 0 radical (unpaired) electrons. The lowest BCUT2D eigenvalue weighted by atomic mass is 10.7. The van der Waals surface area contributed by atoms with Crippen LogP contribution in [0.25, 0.3) is 0 Å². The second-order valence-corrected chi connectivity index (χ2v) is 3.14. The van der Waals surface area contributed by atoms with E-state index in [0.717, 1.165) is 5.16 Å². The molecule has 0 aromatic carbocycles. The van der Waals surface area contributed by atoms with Crippen molar-refractivity contribution in [1.82, 2.24) is 9.55 Å². The van der Waals surface area contributed by atoms with Gasteiger partial charge < -0.3 is 15.5 Å². The molecule has 6 heteroatoms. The molecular formula is C6H10N4OS. The summed E-state index contributed by atoms with van der Waals surface area (Å²) in [6, 6.07) is 0. The molecule has 0 aliphatic rings. The van der Waals surface area contributed by atoms with Crippen LogP contribution in [0.5, 0.6) is 0 Å². The molecule has 0 spiro atoms. The number of amidine groups is 1. The summed E-state index contributed by atoms with van der Waals surface area (Å²) in [5, 5.41) is 12.0.